The van der Waals surface area contributed by atoms with Crippen LogP contribution in [0.1, 0.15) is 28.5 Å². The van der Waals surface area contributed by atoms with Crippen molar-refractivity contribution in [3.63, 3.8) is 0 Å². The van der Waals surface area contributed by atoms with Gasteiger partial charge in [0.2, 0.25) is 0 Å². The number of amides is 1. The van der Waals surface area contributed by atoms with Crippen LogP contribution < -0.4 is 4.72 Å². The number of aromatic nitrogens is 2. The Labute approximate surface area is 158 Å². The smallest absolute Gasteiger partial charge is 0.285 e. The van der Waals surface area contributed by atoms with Crippen molar-refractivity contribution >= 4 is 15.9 Å². The molecule has 0 fully saturated rings. The van der Waals surface area contributed by atoms with Crippen LogP contribution in [0, 0.1) is 6.92 Å². The molecule has 1 amide bonds. The zero-order chi connectivity index (χ0) is 19.6. The Morgan fingerprint density at radius 3 is 2.48 bits per heavy atom. The van der Waals surface area contributed by atoms with Crippen LogP contribution in [0.25, 0.3) is 11.4 Å². The maximum Gasteiger partial charge on any atom is 0.285 e. The van der Waals surface area contributed by atoms with Crippen molar-refractivity contribution in [2.75, 3.05) is 0 Å². The third kappa shape index (κ3) is 3.78. The first-order chi connectivity index (χ1) is 12.8. The van der Waals surface area contributed by atoms with Crippen molar-refractivity contribution in [3.05, 3.63) is 71.5 Å². The highest BCUT2D eigenvalue weighted by Crippen LogP contribution is 2.23. The monoisotopic (exact) mass is 383 g/mol. The van der Waals surface area contributed by atoms with E-state index in [1.165, 1.54) is 12.3 Å². The molecule has 0 aliphatic carbocycles. The number of hydrogen-bond acceptors (Lipinski definition) is 4. The summed E-state index contributed by atoms with van der Waals surface area (Å²) in [5.74, 6) is -0.139. The second-order valence-electron chi connectivity index (χ2n) is 6.27. The molecule has 1 aromatic heterocycles. The standard InChI is InChI=1S/C20H21N3O3S/c1-4-15-10-6-7-11-16(15)19-21-17(13-23(19)3)20(24)22-27(25,26)18-12-8-5-9-14(18)2/h5-13H,4H2,1-3H3,(H,22,24). The molecule has 6 nitrogen and oxygen atoms in total. The average Bonchev–Trinajstić information content (AvgIpc) is 3.03. The first-order valence-corrected chi connectivity index (χ1v) is 10.1. The van der Waals surface area contributed by atoms with Gasteiger partial charge in [-0.1, -0.05) is 49.4 Å². The summed E-state index contributed by atoms with van der Waals surface area (Å²) in [7, 11) is -2.19. The van der Waals surface area contributed by atoms with Crippen molar-refractivity contribution in [1.82, 2.24) is 14.3 Å². The second-order valence-corrected chi connectivity index (χ2v) is 7.92. The van der Waals surface area contributed by atoms with Gasteiger partial charge in [0.05, 0.1) is 4.90 Å². The van der Waals surface area contributed by atoms with Crippen LogP contribution in [0.15, 0.2) is 59.6 Å². The number of benzene rings is 2. The lowest BCUT2D eigenvalue weighted by atomic mass is 10.1. The van der Waals surface area contributed by atoms with Crippen molar-refractivity contribution in [2.24, 2.45) is 7.05 Å². The molecule has 0 radical (unpaired) electrons. The fourth-order valence-corrected chi connectivity index (χ4v) is 4.17. The molecule has 0 atom stereocenters. The average molecular weight is 383 g/mol. The summed E-state index contributed by atoms with van der Waals surface area (Å²) in [6.45, 7) is 3.73. The van der Waals surface area contributed by atoms with Crippen LogP contribution in [0.2, 0.25) is 0 Å². The fourth-order valence-electron chi connectivity index (χ4n) is 2.96. The molecule has 0 bridgehead atoms. The van der Waals surface area contributed by atoms with E-state index in [1.807, 2.05) is 31.2 Å². The van der Waals surface area contributed by atoms with E-state index in [2.05, 4.69) is 9.71 Å². The maximum absolute atomic E-state index is 12.5. The number of carbonyl (C=O) groups excluding carboxylic acids is 1. The largest absolute Gasteiger partial charge is 0.333 e. The lowest BCUT2D eigenvalue weighted by Crippen LogP contribution is -2.31. The van der Waals surface area contributed by atoms with Gasteiger partial charge in [-0.3, -0.25) is 4.79 Å². The maximum atomic E-state index is 12.5. The number of nitrogens with zero attached hydrogens (tertiary/aromatic N) is 2. The van der Waals surface area contributed by atoms with Gasteiger partial charge >= 0.3 is 0 Å². The van der Waals surface area contributed by atoms with Crippen LogP contribution in [-0.4, -0.2) is 23.9 Å². The summed E-state index contributed by atoms with van der Waals surface area (Å²) in [6.07, 6.45) is 2.36. The highest BCUT2D eigenvalue weighted by atomic mass is 32.2. The minimum Gasteiger partial charge on any atom is -0.333 e. The zero-order valence-corrected chi connectivity index (χ0v) is 16.2. The second kappa shape index (κ2) is 7.36. The molecule has 27 heavy (non-hydrogen) atoms. The summed E-state index contributed by atoms with van der Waals surface area (Å²) in [5.41, 5.74) is 2.64. The van der Waals surface area contributed by atoms with E-state index in [-0.39, 0.29) is 10.6 Å². The quantitative estimate of drug-likeness (QED) is 0.734. The van der Waals surface area contributed by atoms with E-state index in [4.69, 9.17) is 0 Å². The predicted molar refractivity (Wildman–Crippen MR) is 104 cm³/mol. The van der Waals surface area contributed by atoms with Gasteiger partial charge in [0.1, 0.15) is 11.5 Å². The molecule has 3 rings (SSSR count). The summed E-state index contributed by atoms with van der Waals surface area (Å²) in [6, 6.07) is 14.3. The molecule has 0 unspecified atom stereocenters. The predicted octanol–water partition coefficient (Wildman–Crippen LogP) is 3.08. The van der Waals surface area contributed by atoms with Gasteiger partial charge in [0.25, 0.3) is 15.9 Å². The lowest BCUT2D eigenvalue weighted by Gasteiger charge is -2.08. The molecule has 0 aliphatic heterocycles. The highest BCUT2D eigenvalue weighted by molar-refractivity contribution is 7.90. The van der Waals surface area contributed by atoms with Crippen LogP contribution in [0.3, 0.4) is 0 Å². The third-order valence-corrected chi connectivity index (χ3v) is 5.85. The van der Waals surface area contributed by atoms with Crippen molar-refractivity contribution in [3.8, 4) is 11.4 Å². The first-order valence-electron chi connectivity index (χ1n) is 8.58. The van der Waals surface area contributed by atoms with E-state index in [9.17, 15) is 13.2 Å². The van der Waals surface area contributed by atoms with E-state index in [0.29, 0.717) is 11.4 Å². The van der Waals surface area contributed by atoms with Gasteiger partial charge in [0, 0.05) is 18.8 Å². The molecular weight excluding hydrogens is 362 g/mol. The molecular formula is C20H21N3O3S. The molecule has 7 heteroatoms. The minimum absolute atomic E-state index is 0.0514. The first kappa shape index (κ1) is 18.8. The Balaban J connectivity index is 1.92. The SMILES string of the molecule is CCc1ccccc1-c1nc(C(=O)NS(=O)(=O)c2ccccc2C)cn1C. The van der Waals surface area contributed by atoms with Crippen molar-refractivity contribution < 1.29 is 13.2 Å². The lowest BCUT2D eigenvalue weighted by molar-refractivity contribution is 0.0977. The van der Waals surface area contributed by atoms with Gasteiger partial charge in [-0.15, -0.1) is 0 Å². The van der Waals surface area contributed by atoms with E-state index in [0.717, 1.165) is 17.5 Å². The summed E-state index contributed by atoms with van der Waals surface area (Å²) in [4.78, 5) is 17.0. The Hall–Kier alpha value is -2.93. The van der Waals surface area contributed by atoms with Crippen LogP contribution in [0.4, 0.5) is 0 Å². The number of imidazole rings is 1. The Kier molecular flexibility index (Phi) is 5.14. The molecule has 140 valence electrons. The number of sulfonamides is 1. The summed E-state index contributed by atoms with van der Waals surface area (Å²) in [5, 5.41) is 0. The molecule has 0 spiro atoms. The van der Waals surface area contributed by atoms with Gasteiger partial charge in [-0.05, 0) is 30.5 Å². The molecule has 0 saturated heterocycles. The normalized spacial score (nSPS) is 11.4. The molecule has 3 aromatic rings. The number of carbonyl (C=O) groups is 1. The Morgan fingerprint density at radius 1 is 1.11 bits per heavy atom. The van der Waals surface area contributed by atoms with Gasteiger partial charge in [-0.2, -0.15) is 0 Å². The molecule has 1 heterocycles. The number of nitrogens with one attached hydrogen (secondary N) is 1. The highest BCUT2D eigenvalue weighted by Gasteiger charge is 2.23. The van der Waals surface area contributed by atoms with Crippen molar-refractivity contribution in [1.29, 1.82) is 0 Å². The van der Waals surface area contributed by atoms with E-state index in [1.54, 1.807) is 36.7 Å². The van der Waals surface area contributed by atoms with Crippen molar-refractivity contribution in [2.45, 2.75) is 25.2 Å². The van der Waals surface area contributed by atoms with Gasteiger partial charge in [0.15, 0.2) is 0 Å². The number of hydrogen-bond donors (Lipinski definition) is 1. The molecule has 2 aromatic carbocycles. The minimum atomic E-state index is -3.97. The molecule has 0 aliphatic rings. The zero-order valence-electron chi connectivity index (χ0n) is 15.4. The number of rotatable bonds is 5. The Bertz CT molecular complexity index is 1100. The Morgan fingerprint density at radius 2 is 1.78 bits per heavy atom. The van der Waals surface area contributed by atoms with Crippen LogP contribution in [-0.2, 0) is 23.5 Å². The fraction of sp³-hybridized carbons (Fsp3) is 0.200. The van der Waals surface area contributed by atoms with E-state index < -0.39 is 15.9 Å². The third-order valence-electron chi connectivity index (χ3n) is 4.36. The van der Waals surface area contributed by atoms with Gasteiger partial charge < -0.3 is 4.57 Å². The van der Waals surface area contributed by atoms with Crippen LogP contribution in [0.5, 0.6) is 0 Å². The number of aryl methyl sites for hydroxylation is 3. The molecule has 0 saturated carbocycles. The van der Waals surface area contributed by atoms with Gasteiger partial charge in [-0.25, -0.2) is 18.1 Å². The topological polar surface area (TPSA) is 81.1 Å². The summed E-state index contributed by atoms with van der Waals surface area (Å²) >= 11 is 0. The van der Waals surface area contributed by atoms with Crippen LogP contribution >= 0.6 is 0 Å². The molecule has 1 N–H and O–H groups in total. The summed E-state index contributed by atoms with van der Waals surface area (Å²) < 4.78 is 28.9. The van der Waals surface area contributed by atoms with E-state index >= 15 is 0 Å².